The Morgan fingerprint density at radius 1 is 0.938 bits per heavy atom. The maximum Gasteiger partial charge on any atom is 0.0700 e. The molecule has 6 heteroatoms. The molecule has 0 aliphatic carbocycles. The highest BCUT2D eigenvalue weighted by Crippen LogP contribution is 2.00. The van der Waals surface area contributed by atoms with Crippen LogP contribution in [-0.2, 0) is 9.47 Å². The molecular formula is C10H20ClN3O2. The molecule has 0 heterocycles. The van der Waals surface area contributed by atoms with Gasteiger partial charge in [-0.3, -0.25) is 0 Å². The molecule has 5 nitrogen and oxygen atoms in total. The summed E-state index contributed by atoms with van der Waals surface area (Å²) in [6.45, 7) is 2.79. The van der Waals surface area contributed by atoms with E-state index in [-0.39, 0.29) is 0 Å². The Balaban J connectivity index is 2.90. The van der Waals surface area contributed by atoms with Crippen LogP contribution in [0.3, 0.4) is 0 Å². The molecule has 0 saturated carbocycles. The van der Waals surface area contributed by atoms with Crippen LogP contribution in [0.15, 0.2) is 5.11 Å². The van der Waals surface area contributed by atoms with E-state index >= 15 is 0 Å². The van der Waals surface area contributed by atoms with Crippen LogP contribution in [0.25, 0.3) is 10.4 Å². The van der Waals surface area contributed by atoms with Gasteiger partial charge in [0.25, 0.3) is 0 Å². The molecule has 94 valence electrons. The Hall–Kier alpha value is -0.480. The van der Waals surface area contributed by atoms with E-state index in [1.165, 1.54) is 12.8 Å². The molecule has 0 aromatic rings. The smallest absolute Gasteiger partial charge is 0.0700 e. The largest absolute Gasteiger partial charge is 0.379 e. The van der Waals surface area contributed by atoms with Crippen LogP contribution in [0, 0.1) is 0 Å². The highest BCUT2D eigenvalue weighted by atomic mass is 35.5. The van der Waals surface area contributed by atoms with E-state index in [2.05, 4.69) is 10.0 Å². The van der Waals surface area contributed by atoms with Gasteiger partial charge in [0.15, 0.2) is 0 Å². The lowest BCUT2D eigenvalue weighted by atomic mass is 10.2. The first-order chi connectivity index (χ1) is 7.91. The van der Waals surface area contributed by atoms with Crippen molar-refractivity contribution in [1.82, 2.24) is 0 Å². The van der Waals surface area contributed by atoms with Gasteiger partial charge in [-0.2, -0.15) is 0 Å². The first kappa shape index (κ1) is 15.5. The molecule has 0 aromatic carbocycles. The Bertz CT molecular complexity index is 187. The molecule has 0 unspecified atom stereocenters. The van der Waals surface area contributed by atoms with Gasteiger partial charge in [0.2, 0.25) is 0 Å². The van der Waals surface area contributed by atoms with Crippen molar-refractivity contribution in [3.8, 4) is 0 Å². The highest BCUT2D eigenvalue weighted by Gasteiger charge is 1.91. The van der Waals surface area contributed by atoms with Gasteiger partial charge in [-0.1, -0.05) is 18.0 Å². The summed E-state index contributed by atoms with van der Waals surface area (Å²) < 4.78 is 10.5. The van der Waals surface area contributed by atoms with Gasteiger partial charge in [-0.15, -0.1) is 11.6 Å². The fourth-order valence-electron chi connectivity index (χ4n) is 1.12. The molecule has 0 spiro atoms. The van der Waals surface area contributed by atoms with Crippen molar-refractivity contribution in [2.75, 3.05) is 38.9 Å². The third kappa shape index (κ3) is 13.5. The van der Waals surface area contributed by atoms with E-state index in [0.29, 0.717) is 26.4 Å². The molecular weight excluding hydrogens is 230 g/mol. The number of nitrogens with zero attached hydrogens (tertiary/aromatic N) is 3. The number of unbranched alkanes of at least 4 members (excludes halogenated alkanes) is 3. The van der Waals surface area contributed by atoms with Gasteiger partial charge in [-0.25, -0.2) is 0 Å². The van der Waals surface area contributed by atoms with Crippen LogP contribution in [0.1, 0.15) is 25.7 Å². The zero-order valence-electron chi connectivity index (χ0n) is 9.61. The van der Waals surface area contributed by atoms with E-state index in [9.17, 15) is 0 Å². The van der Waals surface area contributed by atoms with Crippen molar-refractivity contribution in [3.05, 3.63) is 10.4 Å². The average Bonchev–Trinajstić information content (AvgIpc) is 2.31. The van der Waals surface area contributed by atoms with Gasteiger partial charge >= 0.3 is 0 Å². The zero-order chi connectivity index (χ0) is 11.9. The number of alkyl halides is 1. The SMILES string of the molecule is [N-]=[N+]=NCCOCCOCCCCCCCl. The summed E-state index contributed by atoms with van der Waals surface area (Å²) in [7, 11) is 0. The van der Waals surface area contributed by atoms with Crippen molar-refractivity contribution in [2.24, 2.45) is 5.11 Å². The lowest BCUT2D eigenvalue weighted by Gasteiger charge is -2.04. The molecule has 0 aliphatic rings. The fourth-order valence-corrected chi connectivity index (χ4v) is 1.31. The highest BCUT2D eigenvalue weighted by molar-refractivity contribution is 6.17. The first-order valence-electron chi connectivity index (χ1n) is 5.64. The number of rotatable bonds is 12. The third-order valence-electron chi connectivity index (χ3n) is 1.94. The predicted molar refractivity (Wildman–Crippen MR) is 64.8 cm³/mol. The molecule has 0 aromatic heterocycles. The summed E-state index contributed by atoms with van der Waals surface area (Å²) in [6, 6.07) is 0. The maximum absolute atomic E-state index is 8.00. The van der Waals surface area contributed by atoms with Crippen LogP contribution in [-0.4, -0.2) is 38.9 Å². The van der Waals surface area contributed by atoms with Crippen molar-refractivity contribution >= 4 is 11.6 Å². The van der Waals surface area contributed by atoms with Crippen molar-refractivity contribution in [2.45, 2.75) is 25.7 Å². The van der Waals surface area contributed by atoms with E-state index in [1.807, 2.05) is 0 Å². The molecule has 0 rings (SSSR count). The predicted octanol–water partition coefficient (Wildman–Crippen LogP) is 3.13. The molecule has 0 atom stereocenters. The quantitative estimate of drug-likeness (QED) is 0.175. The number of hydrogen-bond donors (Lipinski definition) is 0. The van der Waals surface area contributed by atoms with Gasteiger partial charge in [-0.05, 0) is 18.4 Å². The molecule has 0 aliphatic heterocycles. The average molecular weight is 250 g/mol. The van der Waals surface area contributed by atoms with E-state index in [1.54, 1.807) is 0 Å². The Labute approximate surface area is 102 Å². The van der Waals surface area contributed by atoms with Gasteiger partial charge in [0.1, 0.15) is 0 Å². The summed E-state index contributed by atoms with van der Waals surface area (Å²) in [5.41, 5.74) is 8.00. The Morgan fingerprint density at radius 3 is 2.31 bits per heavy atom. The summed E-state index contributed by atoms with van der Waals surface area (Å²) in [4.78, 5) is 2.62. The lowest BCUT2D eigenvalue weighted by molar-refractivity contribution is 0.0492. The van der Waals surface area contributed by atoms with Gasteiger partial charge in [0.05, 0.1) is 19.8 Å². The van der Waals surface area contributed by atoms with Crippen molar-refractivity contribution in [3.63, 3.8) is 0 Å². The minimum absolute atomic E-state index is 0.384. The van der Waals surface area contributed by atoms with Crippen LogP contribution in [0.5, 0.6) is 0 Å². The van der Waals surface area contributed by atoms with Crippen LogP contribution < -0.4 is 0 Å². The minimum atomic E-state index is 0.384. The molecule has 0 radical (unpaired) electrons. The number of halogens is 1. The van der Waals surface area contributed by atoms with Crippen LogP contribution >= 0.6 is 11.6 Å². The summed E-state index contributed by atoms with van der Waals surface area (Å²) in [6.07, 6.45) is 4.51. The van der Waals surface area contributed by atoms with Gasteiger partial charge < -0.3 is 9.47 Å². The second-order valence-corrected chi connectivity index (χ2v) is 3.66. The van der Waals surface area contributed by atoms with E-state index in [4.69, 9.17) is 26.6 Å². The second kappa shape index (κ2) is 14.5. The van der Waals surface area contributed by atoms with Crippen molar-refractivity contribution < 1.29 is 9.47 Å². The van der Waals surface area contributed by atoms with Gasteiger partial charge in [0, 0.05) is 23.9 Å². The summed E-state index contributed by atoms with van der Waals surface area (Å²) in [5, 5.41) is 3.35. The molecule has 0 bridgehead atoms. The van der Waals surface area contributed by atoms with E-state index in [0.717, 1.165) is 25.3 Å². The molecule has 0 saturated heterocycles. The number of ether oxygens (including phenoxy) is 2. The Morgan fingerprint density at radius 2 is 1.62 bits per heavy atom. The van der Waals surface area contributed by atoms with E-state index < -0.39 is 0 Å². The second-order valence-electron chi connectivity index (χ2n) is 3.28. The Kier molecular flexibility index (Phi) is 14.1. The maximum atomic E-state index is 8.00. The first-order valence-corrected chi connectivity index (χ1v) is 6.17. The number of azide groups is 1. The van der Waals surface area contributed by atoms with Crippen LogP contribution in [0.2, 0.25) is 0 Å². The lowest BCUT2D eigenvalue weighted by Crippen LogP contribution is -2.07. The fraction of sp³-hybridized carbons (Fsp3) is 1.00. The summed E-state index contributed by atoms with van der Waals surface area (Å²) in [5.74, 6) is 0.750. The molecule has 0 N–H and O–H groups in total. The number of hydrogen-bond acceptors (Lipinski definition) is 3. The monoisotopic (exact) mass is 249 g/mol. The molecule has 16 heavy (non-hydrogen) atoms. The molecule has 0 amide bonds. The zero-order valence-corrected chi connectivity index (χ0v) is 10.4. The van der Waals surface area contributed by atoms with Crippen LogP contribution in [0.4, 0.5) is 0 Å². The minimum Gasteiger partial charge on any atom is -0.379 e. The topological polar surface area (TPSA) is 67.2 Å². The third-order valence-corrected chi connectivity index (χ3v) is 2.21. The molecule has 0 fully saturated rings. The van der Waals surface area contributed by atoms with Crippen molar-refractivity contribution in [1.29, 1.82) is 0 Å². The standard InChI is InChI=1S/C10H20ClN3O2/c11-5-3-1-2-4-7-15-9-10-16-8-6-13-14-12/h1-10H2. The normalized spacial score (nSPS) is 10.1. The summed E-state index contributed by atoms with van der Waals surface area (Å²) >= 11 is 5.56.